The molecule has 1 heteroatoms. The lowest BCUT2D eigenvalue weighted by molar-refractivity contribution is 0.0147. The van der Waals surface area contributed by atoms with E-state index in [-0.39, 0.29) is 5.41 Å². The highest BCUT2D eigenvalue weighted by Gasteiger charge is 2.48. The first kappa shape index (κ1) is 19.3. The fourth-order valence-corrected chi connectivity index (χ4v) is 6.79. The maximum atomic E-state index is 10.1. The third-order valence-electron chi connectivity index (χ3n) is 8.35. The van der Waals surface area contributed by atoms with E-state index in [1.165, 1.54) is 96.3 Å². The molecule has 0 heterocycles. The SMILES string of the molecule is CCCCC1CCC2CC(C3CCC(CCC)CC3)CCC2(C#N)C1. The van der Waals surface area contributed by atoms with Crippen LogP contribution in [0.4, 0.5) is 0 Å². The van der Waals surface area contributed by atoms with Crippen molar-refractivity contribution in [3.63, 3.8) is 0 Å². The molecule has 3 aliphatic rings. The summed E-state index contributed by atoms with van der Waals surface area (Å²) >= 11 is 0. The van der Waals surface area contributed by atoms with Crippen LogP contribution in [0.15, 0.2) is 0 Å². The Morgan fingerprint density at radius 2 is 1.60 bits per heavy atom. The van der Waals surface area contributed by atoms with Gasteiger partial charge in [0.2, 0.25) is 0 Å². The largest absolute Gasteiger partial charge is 0.198 e. The molecule has 0 aliphatic heterocycles. The van der Waals surface area contributed by atoms with Crippen LogP contribution in [0, 0.1) is 46.3 Å². The van der Waals surface area contributed by atoms with E-state index in [1.54, 1.807) is 0 Å². The van der Waals surface area contributed by atoms with E-state index >= 15 is 0 Å². The van der Waals surface area contributed by atoms with Gasteiger partial charge in [-0.05, 0) is 74.5 Å². The highest BCUT2D eigenvalue weighted by Crippen LogP contribution is 2.56. The van der Waals surface area contributed by atoms with Crippen LogP contribution < -0.4 is 0 Å². The standard InChI is InChI=1S/C24H41N/c1-3-5-7-20-10-13-23-16-22(14-15-24(23,17-20)18-25)21-11-8-19(6-4-2)9-12-21/h19-23H,3-17H2,1-2H3. The second-order valence-corrected chi connectivity index (χ2v) is 9.86. The lowest BCUT2D eigenvalue weighted by atomic mass is 9.53. The van der Waals surface area contributed by atoms with Crippen LogP contribution in [0.5, 0.6) is 0 Å². The summed E-state index contributed by atoms with van der Waals surface area (Å²) in [6.45, 7) is 4.64. The molecule has 0 aromatic heterocycles. The number of unbranched alkanes of at least 4 members (excludes halogenated alkanes) is 1. The molecule has 0 N–H and O–H groups in total. The lowest BCUT2D eigenvalue weighted by Gasteiger charge is -2.50. The molecule has 25 heavy (non-hydrogen) atoms. The van der Waals surface area contributed by atoms with Gasteiger partial charge in [-0.3, -0.25) is 0 Å². The Morgan fingerprint density at radius 3 is 2.28 bits per heavy atom. The van der Waals surface area contributed by atoms with Crippen LogP contribution in [0.1, 0.15) is 110 Å². The summed E-state index contributed by atoms with van der Waals surface area (Å²) in [6.07, 6.45) is 20.8. The van der Waals surface area contributed by atoms with Crippen molar-refractivity contribution < 1.29 is 0 Å². The minimum atomic E-state index is 0.0621. The molecule has 0 bridgehead atoms. The van der Waals surface area contributed by atoms with Crippen molar-refractivity contribution in [2.75, 3.05) is 0 Å². The molecule has 4 unspecified atom stereocenters. The smallest absolute Gasteiger partial charge is 0.0692 e. The van der Waals surface area contributed by atoms with Gasteiger partial charge in [-0.15, -0.1) is 0 Å². The molecule has 1 nitrogen and oxygen atoms in total. The van der Waals surface area contributed by atoms with Gasteiger partial charge in [0.1, 0.15) is 0 Å². The monoisotopic (exact) mass is 343 g/mol. The first-order valence-electron chi connectivity index (χ1n) is 11.6. The van der Waals surface area contributed by atoms with E-state index in [4.69, 9.17) is 0 Å². The highest BCUT2D eigenvalue weighted by molar-refractivity contribution is 5.09. The molecule has 0 aromatic rings. The molecule has 0 aromatic carbocycles. The molecular formula is C24H41N. The van der Waals surface area contributed by atoms with Gasteiger partial charge in [0.15, 0.2) is 0 Å². The van der Waals surface area contributed by atoms with E-state index in [1.807, 2.05) is 0 Å². The Bertz CT molecular complexity index is 442. The Balaban J connectivity index is 1.54. The summed E-state index contributed by atoms with van der Waals surface area (Å²) < 4.78 is 0. The molecule has 0 amide bonds. The van der Waals surface area contributed by atoms with Crippen LogP contribution in [0.25, 0.3) is 0 Å². The van der Waals surface area contributed by atoms with Crippen molar-refractivity contribution in [3.8, 4) is 6.07 Å². The van der Waals surface area contributed by atoms with Gasteiger partial charge in [-0.25, -0.2) is 0 Å². The van der Waals surface area contributed by atoms with Crippen LogP contribution in [0.3, 0.4) is 0 Å². The maximum Gasteiger partial charge on any atom is 0.0692 e. The second-order valence-electron chi connectivity index (χ2n) is 9.86. The van der Waals surface area contributed by atoms with Crippen molar-refractivity contribution >= 4 is 0 Å². The molecule has 0 spiro atoms. The molecule has 142 valence electrons. The number of nitrogens with zero attached hydrogens (tertiary/aromatic N) is 1. The zero-order valence-corrected chi connectivity index (χ0v) is 16.9. The Labute approximate surface area is 157 Å². The minimum absolute atomic E-state index is 0.0621. The predicted octanol–water partition coefficient (Wildman–Crippen LogP) is 7.51. The summed E-state index contributed by atoms with van der Waals surface area (Å²) in [4.78, 5) is 0. The van der Waals surface area contributed by atoms with Gasteiger partial charge >= 0.3 is 0 Å². The Morgan fingerprint density at radius 1 is 0.840 bits per heavy atom. The van der Waals surface area contributed by atoms with Crippen LogP contribution in [0.2, 0.25) is 0 Å². The number of rotatable bonds is 6. The topological polar surface area (TPSA) is 23.8 Å². The van der Waals surface area contributed by atoms with Gasteiger partial charge < -0.3 is 0 Å². The van der Waals surface area contributed by atoms with Gasteiger partial charge in [0.25, 0.3) is 0 Å². The van der Waals surface area contributed by atoms with Crippen LogP contribution >= 0.6 is 0 Å². The normalized spacial score (nSPS) is 41.7. The fourth-order valence-electron chi connectivity index (χ4n) is 6.79. The molecule has 0 saturated heterocycles. The van der Waals surface area contributed by atoms with E-state index in [0.717, 1.165) is 29.6 Å². The molecule has 0 radical (unpaired) electrons. The number of fused-ring (bicyclic) bond motifs is 1. The second kappa shape index (κ2) is 8.92. The zero-order chi connectivity index (χ0) is 17.7. The van der Waals surface area contributed by atoms with Crippen LogP contribution in [-0.2, 0) is 0 Å². The van der Waals surface area contributed by atoms with E-state index in [0.29, 0.717) is 0 Å². The number of hydrogen-bond donors (Lipinski definition) is 0. The third kappa shape index (κ3) is 4.43. The zero-order valence-electron chi connectivity index (χ0n) is 16.9. The van der Waals surface area contributed by atoms with Gasteiger partial charge in [-0.1, -0.05) is 65.2 Å². The summed E-state index contributed by atoms with van der Waals surface area (Å²) in [7, 11) is 0. The maximum absolute atomic E-state index is 10.1. The summed E-state index contributed by atoms with van der Waals surface area (Å²) in [5.74, 6) is 4.53. The van der Waals surface area contributed by atoms with E-state index in [9.17, 15) is 5.26 Å². The Hall–Kier alpha value is -0.510. The molecular weight excluding hydrogens is 302 g/mol. The molecule has 3 rings (SSSR count). The minimum Gasteiger partial charge on any atom is -0.198 e. The van der Waals surface area contributed by atoms with Crippen molar-refractivity contribution in [3.05, 3.63) is 0 Å². The molecule has 3 aliphatic carbocycles. The molecule has 4 atom stereocenters. The Kier molecular flexibility index (Phi) is 6.87. The average molecular weight is 344 g/mol. The average Bonchev–Trinajstić information content (AvgIpc) is 2.66. The third-order valence-corrected chi connectivity index (χ3v) is 8.35. The van der Waals surface area contributed by atoms with E-state index < -0.39 is 0 Å². The summed E-state index contributed by atoms with van der Waals surface area (Å²) in [6, 6.07) is 2.87. The van der Waals surface area contributed by atoms with Crippen molar-refractivity contribution in [2.24, 2.45) is 35.0 Å². The highest BCUT2D eigenvalue weighted by atomic mass is 14.5. The first-order valence-corrected chi connectivity index (χ1v) is 11.6. The first-order chi connectivity index (χ1) is 12.2. The molecule has 3 saturated carbocycles. The van der Waals surface area contributed by atoms with Crippen LogP contribution in [-0.4, -0.2) is 0 Å². The molecule has 3 fully saturated rings. The van der Waals surface area contributed by atoms with Crippen molar-refractivity contribution in [1.29, 1.82) is 5.26 Å². The summed E-state index contributed by atoms with van der Waals surface area (Å²) in [5, 5.41) is 10.1. The van der Waals surface area contributed by atoms with Gasteiger partial charge in [0.05, 0.1) is 11.5 Å². The summed E-state index contributed by atoms with van der Waals surface area (Å²) in [5.41, 5.74) is 0.0621. The van der Waals surface area contributed by atoms with Gasteiger partial charge in [0, 0.05) is 0 Å². The van der Waals surface area contributed by atoms with Gasteiger partial charge in [-0.2, -0.15) is 5.26 Å². The fraction of sp³-hybridized carbons (Fsp3) is 0.958. The van der Waals surface area contributed by atoms with E-state index in [2.05, 4.69) is 19.9 Å². The number of hydrogen-bond acceptors (Lipinski definition) is 1. The lowest BCUT2D eigenvalue weighted by Crippen LogP contribution is -2.42. The predicted molar refractivity (Wildman–Crippen MR) is 106 cm³/mol. The van der Waals surface area contributed by atoms with Crippen molar-refractivity contribution in [1.82, 2.24) is 0 Å². The number of nitriles is 1. The van der Waals surface area contributed by atoms with Crippen molar-refractivity contribution in [2.45, 2.75) is 110 Å². The quantitative estimate of drug-likeness (QED) is 0.489.